The summed E-state index contributed by atoms with van der Waals surface area (Å²) < 4.78 is 3.70. The van der Waals surface area contributed by atoms with Crippen molar-refractivity contribution in [3.63, 3.8) is 0 Å². The topological polar surface area (TPSA) is 104 Å². The summed E-state index contributed by atoms with van der Waals surface area (Å²) in [5.74, 6) is 1.32. The summed E-state index contributed by atoms with van der Waals surface area (Å²) in [4.78, 5) is 20.2. The molecule has 0 saturated carbocycles. The molecule has 0 radical (unpaired) electrons. The van der Waals surface area contributed by atoms with Gasteiger partial charge >= 0.3 is 0 Å². The second-order valence-electron chi connectivity index (χ2n) is 11.7. The van der Waals surface area contributed by atoms with E-state index in [0.29, 0.717) is 5.56 Å². The van der Waals surface area contributed by atoms with Gasteiger partial charge in [-0.15, -0.1) is 0 Å². The molecule has 4 aromatic heterocycles. The molecule has 208 valence electrons. The van der Waals surface area contributed by atoms with E-state index in [1.807, 2.05) is 49.4 Å². The number of fused-ring (bicyclic) bond motifs is 1. The number of rotatable bonds is 7. The molecule has 0 atom stereocenters. The molecular weight excluding hydrogens is 500 g/mol. The number of carbonyl (C=O) groups excluding carboxylic acids is 1. The molecule has 4 aromatic rings. The molecule has 1 saturated heterocycles. The Bertz CT molecular complexity index is 1550. The van der Waals surface area contributed by atoms with Gasteiger partial charge in [-0.2, -0.15) is 15.5 Å². The number of hydrogen-bond donors (Lipinski definition) is 1. The zero-order valence-electron chi connectivity index (χ0n) is 24.2. The number of nitrogens with zero attached hydrogens (tertiary/aromatic N) is 7. The minimum absolute atomic E-state index is 0.129. The highest BCUT2D eigenvalue weighted by Gasteiger charge is 2.44. The van der Waals surface area contributed by atoms with Gasteiger partial charge in [-0.1, -0.05) is 13.8 Å². The Morgan fingerprint density at radius 3 is 2.30 bits per heavy atom. The summed E-state index contributed by atoms with van der Waals surface area (Å²) in [5, 5.41) is 21.9. The molecule has 0 aliphatic carbocycles. The fourth-order valence-electron chi connectivity index (χ4n) is 5.69. The van der Waals surface area contributed by atoms with Crippen LogP contribution in [0, 0.1) is 22.7 Å². The quantitative estimate of drug-likeness (QED) is 0.334. The maximum absolute atomic E-state index is 13.1. The van der Waals surface area contributed by atoms with E-state index in [-0.39, 0.29) is 29.3 Å². The lowest BCUT2D eigenvalue weighted by Gasteiger charge is -2.44. The van der Waals surface area contributed by atoms with Crippen LogP contribution >= 0.6 is 0 Å². The standard InChI is InChI=1S/C31H38N8O/c1-20(2)31(30(40)36-21(3)4)9-11-37(12-10-31)28-8-7-23(15-33-28)27-13-24(26-17-34-38(19-26)22(5)6)18-39-29(27)25(14-32)16-35-39/h7-8,13,15-22H,9-12H2,1-6H3,(H,36,40). The number of pyridine rings is 2. The highest BCUT2D eigenvalue weighted by molar-refractivity contribution is 5.87. The van der Waals surface area contributed by atoms with E-state index >= 15 is 0 Å². The van der Waals surface area contributed by atoms with Crippen LogP contribution in [0.15, 0.2) is 49.2 Å². The van der Waals surface area contributed by atoms with E-state index < -0.39 is 0 Å². The molecule has 1 aliphatic heterocycles. The van der Waals surface area contributed by atoms with Crippen molar-refractivity contribution in [2.24, 2.45) is 11.3 Å². The molecule has 9 heteroatoms. The maximum atomic E-state index is 13.1. The molecule has 5 heterocycles. The lowest BCUT2D eigenvalue weighted by molar-refractivity contribution is -0.135. The average Bonchev–Trinajstić information content (AvgIpc) is 3.60. The Morgan fingerprint density at radius 1 is 0.975 bits per heavy atom. The summed E-state index contributed by atoms with van der Waals surface area (Å²) in [5.41, 5.74) is 4.67. The second kappa shape index (κ2) is 10.8. The second-order valence-corrected chi connectivity index (χ2v) is 11.7. The molecule has 1 aliphatic rings. The van der Waals surface area contributed by atoms with Crippen molar-refractivity contribution in [3.8, 4) is 28.3 Å². The van der Waals surface area contributed by atoms with Gasteiger partial charge in [0.05, 0.1) is 28.9 Å². The molecule has 0 bridgehead atoms. The fraction of sp³-hybridized carbons (Fsp3) is 0.452. The van der Waals surface area contributed by atoms with Crippen LogP contribution in [0.5, 0.6) is 0 Å². The van der Waals surface area contributed by atoms with Crippen molar-refractivity contribution in [2.75, 3.05) is 18.0 Å². The SMILES string of the molecule is CC(C)NC(=O)C1(C(C)C)CCN(c2ccc(-c3cc(-c4cnn(C(C)C)c4)cn4ncc(C#N)c34)cn2)CC1. The van der Waals surface area contributed by atoms with Crippen molar-refractivity contribution in [1.29, 1.82) is 5.26 Å². The first kappa shape index (κ1) is 27.4. The molecule has 0 aromatic carbocycles. The van der Waals surface area contributed by atoms with E-state index in [1.165, 1.54) is 0 Å². The van der Waals surface area contributed by atoms with Gasteiger partial charge in [0.15, 0.2) is 0 Å². The molecule has 1 amide bonds. The third kappa shape index (κ3) is 4.94. The number of anilines is 1. The number of piperidine rings is 1. The average molecular weight is 539 g/mol. The smallest absolute Gasteiger partial charge is 0.226 e. The summed E-state index contributed by atoms with van der Waals surface area (Å²) in [7, 11) is 0. The van der Waals surface area contributed by atoms with Gasteiger partial charge < -0.3 is 10.2 Å². The Morgan fingerprint density at radius 2 is 1.73 bits per heavy atom. The number of nitriles is 1. The third-order valence-electron chi connectivity index (χ3n) is 8.21. The minimum atomic E-state index is -0.355. The van der Waals surface area contributed by atoms with Crippen LogP contribution in [-0.2, 0) is 4.79 Å². The molecule has 0 unspecified atom stereocenters. The molecule has 5 rings (SSSR count). The van der Waals surface area contributed by atoms with Gasteiger partial charge in [0, 0.05) is 66.0 Å². The fourth-order valence-corrected chi connectivity index (χ4v) is 5.69. The third-order valence-corrected chi connectivity index (χ3v) is 8.21. The summed E-state index contributed by atoms with van der Waals surface area (Å²) in [6.45, 7) is 14.1. The number of carbonyl (C=O) groups is 1. The summed E-state index contributed by atoms with van der Waals surface area (Å²) in [6, 6.07) is 8.84. The van der Waals surface area contributed by atoms with Gasteiger partial charge in [-0.25, -0.2) is 9.50 Å². The van der Waals surface area contributed by atoms with Gasteiger partial charge in [0.2, 0.25) is 5.91 Å². The zero-order valence-corrected chi connectivity index (χ0v) is 24.2. The largest absolute Gasteiger partial charge is 0.357 e. The summed E-state index contributed by atoms with van der Waals surface area (Å²) in [6.07, 6.45) is 10.9. The van der Waals surface area contributed by atoms with Crippen molar-refractivity contribution < 1.29 is 4.79 Å². The number of amides is 1. The first-order chi connectivity index (χ1) is 19.1. The Labute approximate surface area is 235 Å². The molecule has 40 heavy (non-hydrogen) atoms. The van der Waals surface area contributed by atoms with Crippen molar-refractivity contribution in [2.45, 2.75) is 66.5 Å². The lowest BCUT2D eigenvalue weighted by atomic mass is 9.69. The summed E-state index contributed by atoms with van der Waals surface area (Å²) >= 11 is 0. The van der Waals surface area contributed by atoms with Crippen LogP contribution in [0.3, 0.4) is 0 Å². The Balaban J connectivity index is 1.44. The Kier molecular flexibility index (Phi) is 7.37. The van der Waals surface area contributed by atoms with E-state index in [1.54, 1.807) is 10.7 Å². The van der Waals surface area contributed by atoms with Crippen LogP contribution in [0.25, 0.3) is 27.8 Å². The van der Waals surface area contributed by atoms with Gasteiger partial charge in [-0.3, -0.25) is 9.48 Å². The van der Waals surface area contributed by atoms with E-state index in [2.05, 4.69) is 66.3 Å². The number of hydrogen-bond acceptors (Lipinski definition) is 6. The van der Waals surface area contributed by atoms with Crippen LogP contribution in [0.1, 0.15) is 66.0 Å². The predicted octanol–water partition coefficient (Wildman–Crippen LogP) is 5.48. The first-order valence-corrected chi connectivity index (χ1v) is 14.1. The molecule has 1 N–H and O–H groups in total. The number of aromatic nitrogens is 5. The zero-order chi connectivity index (χ0) is 28.6. The minimum Gasteiger partial charge on any atom is -0.357 e. The maximum Gasteiger partial charge on any atom is 0.226 e. The van der Waals surface area contributed by atoms with Gasteiger partial charge in [-0.05, 0) is 64.7 Å². The lowest BCUT2D eigenvalue weighted by Crippen LogP contribution is -2.53. The molecule has 9 nitrogen and oxygen atoms in total. The van der Waals surface area contributed by atoms with E-state index in [4.69, 9.17) is 4.98 Å². The van der Waals surface area contributed by atoms with E-state index in [9.17, 15) is 10.1 Å². The highest BCUT2D eigenvalue weighted by atomic mass is 16.2. The predicted molar refractivity (Wildman–Crippen MR) is 157 cm³/mol. The van der Waals surface area contributed by atoms with Crippen LogP contribution < -0.4 is 10.2 Å². The monoisotopic (exact) mass is 538 g/mol. The van der Waals surface area contributed by atoms with Crippen LogP contribution in [0.4, 0.5) is 5.82 Å². The first-order valence-electron chi connectivity index (χ1n) is 14.1. The van der Waals surface area contributed by atoms with Gasteiger partial charge in [0.25, 0.3) is 0 Å². The molecule has 0 spiro atoms. The molecular formula is C31H38N8O. The number of nitrogens with one attached hydrogen (secondary N) is 1. The Hall–Kier alpha value is -4.19. The van der Waals surface area contributed by atoms with Gasteiger partial charge in [0.1, 0.15) is 11.9 Å². The van der Waals surface area contributed by atoms with Crippen molar-refractivity contribution in [1.82, 2.24) is 29.7 Å². The van der Waals surface area contributed by atoms with Crippen LogP contribution in [0.2, 0.25) is 0 Å². The van der Waals surface area contributed by atoms with Crippen molar-refractivity contribution >= 4 is 17.2 Å². The molecule has 1 fully saturated rings. The van der Waals surface area contributed by atoms with Crippen molar-refractivity contribution in [3.05, 3.63) is 54.7 Å². The van der Waals surface area contributed by atoms with Crippen LogP contribution in [-0.4, -0.2) is 49.4 Å². The highest BCUT2D eigenvalue weighted by Crippen LogP contribution is 2.40. The van der Waals surface area contributed by atoms with E-state index in [0.717, 1.165) is 59.5 Å². The normalized spacial score (nSPS) is 15.2.